The topological polar surface area (TPSA) is 74.9 Å². The summed E-state index contributed by atoms with van der Waals surface area (Å²) >= 11 is 0.341. The molecule has 0 radical (unpaired) electrons. The van der Waals surface area contributed by atoms with E-state index in [1.54, 1.807) is 12.4 Å². The average molecular weight is 408 g/mol. The fraction of sp³-hybridized carbons (Fsp3) is 0.182. The summed E-state index contributed by atoms with van der Waals surface area (Å²) in [7, 11) is 0. The van der Waals surface area contributed by atoms with Gasteiger partial charge in [0.15, 0.2) is 0 Å². The minimum Gasteiger partial charge on any atom is -0.611 e. The Balaban J connectivity index is 1.94. The Morgan fingerprint density at radius 1 is 1.11 bits per heavy atom. The number of benzene rings is 1. The van der Waals surface area contributed by atoms with Gasteiger partial charge in [-0.3, -0.25) is 4.98 Å². The Labute approximate surface area is 171 Å². The Hall–Kier alpha value is -2.41. The molecule has 142 valence electrons. The van der Waals surface area contributed by atoms with Crippen LogP contribution in [0.25, 0.3) is 32.6 Å². The van der Waals surface area contributed by atoms with Crippen LogP contribution < -0.4 is 5.73 Å². The molecule has 3 heterocycles. The van der Waals surface area contributed by atoms with Gasteiger partial charge in [0, 0.05) is 23.3 Å². The number of nitrogens with zero attached hydrogens (tertiary/aromatic N) is 2. The highest BCUT2D eigenvalue weighted by molar-refractivity contribution is 7.93. The van der Waals surface area contributed by atoms with Crippen LogP contribution in [0.5, 0.6) is 0 Å². The molecule has 0 fully saturated rings. The monoisotopic (exact) mass is 407 g/mol. The van der Waals surface area contributed by atoms with Gasteiger partial charge in [0.2, 0.25) is 4.21 Å². The third kappa shape index (κ3) is 3.63. The van der Waals surface area contributed by atoms with Crippen LogP contribution in [0, 0.1) is 0 Å². The second-order valence-electron chi connectivity index (χ2n) is 6.55. The van der Waals surface area contributed by atoms with Crippen molar-refractivity contribution in [3.05, 3.63) is 60.9 Å². The summed E-state index contributed by atoms with van der Waals surface area (Å²) in [5.74, 6) is 0.629. The van der Waals surface area contributed by atoms with Gasteiger partial charge >= 0.3 is 0 Å². The van der Waals surface area contributed by atoms with E-state index >= 15 is 0 Å². The molecule has 0 aliphatic rings. The molecule has 1 aromatic carbocycles. The molecule has 0 saturated heterocycles. The number of anilines is 1. The highest BCUT2D eigenvalue weighted by atomic mass is 32.2. The fourth-order valence-corrected chi connectivity index (χ4v) is 5.94. The lowest BCUT2D eigenvalue weighted by atomic mass is 10.0. The third-order valence-electron chi connectivity index (χ3n) is 4.60. The predicted octanol–water partition coefficient (Wildman–Crippen LogP) is 5.52. The van der Waals surface area contributed by atoms with Crippen molar-refractivity contribution in [2.24, 2.45) is 0 Å². The van der Waals surface area contributed by atoms with E-state index in [1.807, 2.05) is 30.3 Å². The maximum absolute atomic E-state index is 12.8. The maximum Gasteiger partial charge on any atom is 0.232 e. The predicted molar refractivity (Wildman–Crippen MR) is 119 cm³/mol. The van der Waals surface area contributed by atoms with Gasteiger partial charge in [-0.25, -0.2) is 4.98 Å². The fourth-order valence-electron chi connectivity index (χ4n) is 3.15. The first-order valence-corrected chi connectivity index (χ1v) is 11.4. The molecule has 4 rings (SSSR count). The van der Waals surface area contributed by atoms with E-state index in [-0.39, 0.29) is 0 Å². The van der Waals surface area contributed by atoms with Crippen LogP contribution in [0.2, 0.25) is 0 Å². The smallest absolute Gasteiger partial charge is 0.232 e. The highest BCUT2D eigenvalue weighted by Crippen LogP contribution is 2.43. The summed E-state index contributed by atoms with van der Waals surface area (Å²) in [5, 5.41) is 0.892. The lowest BCUT2D eigenvalue weighted by Gasteiger charge is -2.09. The van der Waals surface area contributed by atoms with Gasteiger partial charge in [-0.15, -0.1) is 0 Å². The van der Waals surface area contributed by atoms with Gasteiger partial charge in [0.1, 0.15) is 16.3 Å². The van der Waals surface area contributed by atoms with Gasteiger partial charge in [0.25, 0.3) is 0 Å². The van der Waals surface area contributed by atoms with Crippen molar-refractivity contribution in [1.82, 2.24) is 9.97 Å². The van der Waals surface area contributed by atoms with E-state index in [0.29, 0.717) is 11.4 Å². The van der Waals surface area contributed by atoms with E-state index < -0.39 is 11.2 Å². The summed E-state index contributed by atoms with van der Waals surface area (Å²) < 4.78 is 13.5. The summed E-state index contributed by atoms with van der Waals surface area (Å²) in [5.41, 5.74) is 11.0. The van der Waals surface area contributed by atoms with Crippen molar-refractivity contribution in [1.29, 1.82) is 0 Å². The van der Waals surface area contributed by atoms with Crippen molar-refractivity contribution in [3.63, 3.8) is 0 Å². The number of thiophene rings is 1. The number of pyridine rings is 2. The Morgan fingerprint density at radius 2 is 1.89 bits per heavy atom. The number of unbranched alkanes of at least 4 members (excludes halogenated alkanes) is 1. The SMILES string of the molecule is CCCC[S@+]([O-])c1sc2nc(-c3cccnc3)cc(-c3ccccc3)c2c1N. The standard InChI is InChI=1S/C22H21N3OS2/c1-2-3-12-28(26)22-20(23)19-17(15-8-5-4-6-9-15)13-18(25-21(19)27-22)16-10-7-11-24-14-16/h4-11,13-14H,2-3,12,23H2,1H3/t28-/m0/s1. The molecule has 0 unspecified atom stereocenters. The number of hydrogen-bond donors (Lipinski definition) is 1. The number of nitrogens with two attached hydrogens (primary N) is 1. The molecule has 0 amide bonds. The van der Waals surface area contributed by atoms with Crippen molar-refractivity contribution < 1.29 is 4.55 Å². The van der Waals surface area contributed by atoms with Crippen LogP contribution >= 0.6 is 11.3 Å². The number of hydrogen-bond acceptors (Lipinski definition) is 5. The van der Waals surface area contributed by atoms with Crippen molar-refractivity contribution in [2.75, 3.05) is 11.5 Å². The van der Waals surface area contributed by atoms with E-state index in [4.69, 9.17) is 10.7 Å². The van der Waals surface area contributed by atoms with Gasteiger partial charge in [-0.05, 0) is 46.9 Å². The molecule has 0 saturated carbocycles. The largest absolute Gasteiger partial charge is 0.611 e. The molecule has 4 aromatic rings. The second-order valence-corrected chi connectivity index (χ2v) is 9.31. The summed E-state index contributed by atoms with van der Waals surface area (Å²) in [6, 6.07) is 16.1. The first-order valence-electron chi connectivity index (χ1n) is 9.26. The lowest BCUT2D eigenvalue weighted by molar-refractivity contribution is 0.594. The minimum atomic E-state index is -1.10. The van der Waals surface area contributed by atoms with E-state index in [2.05, 4.69) is 30.1 Å². The molecule has 4 nitrogen and oxygen atoms in total. The van der Waals surface area contributed by atoms with Crippen LogP contribution in [0.4, 0.5) is 5.69 Å². The Bertz CT molecular complexity index is 1080. The quantitative estimate of drug-likeness (QED) is 0.427. The van der Waals surface area contributed by atoms with Gasteiger partial charge < -0.3 is 10.3 Å². The summed E-state index contributed by atoms with van der Waals surface area (Å²) in [4.78, 5) is 9.88. The van der Waals surface area contributed by atoms with Gasteiger partial charge in [-0.2, -0.15) is 0 Å². The van der Waals surface area contributed by atoms with Crippen LogP contribution in [0.1, 0.15) is 19.8 Å². The normalized spacial score (nSPS) is 12.4. The second kappa shape index (κ2) is 8.31. The molecule has 6 heteroatoms. The zero-order chi connectivity index (χ0) is 19.5. The van der Waals surface area contributed by atoms with Gasteiger partial charge in [0.05, 0.1) is 5.69 Å². The van der Waals surface area contributed by atoms with E-state index in [0.717, 1.165) is 49.7 Å². The molecule has 1 atom stereocenters. The Kier molecular flexibility index (Phi) is 5.62. The first-order chi connectivity index (χ1) is 13.7. The van der Waals surface area contributed by atoms with Crippen LogP contribution in [-0.2, 0) is 11.2 Å². The lowest BCUT2D eigenvalue weighted by Crippen LogP contribution is -2.06. The number of fused-ring (bicyclic) bond motifs is 1. The van der Waals surface area contributed by atoms with Crippen molar-refractivity contribution >= 4 is 38.4 Å². The van der Waals surface area contributed by atoms with Gasteiger partial charge in [-0.1, -0.05) is 55.0 Å². The molecule has 3 aromatic heterocycles. The Morgan fingerprint density at radius 3 is 2.61 bits per heavy atom. The number of nitrogen functional groups attached to an aromatic ring is 1. The average Bonchev–Trinajstić information content (AvgIpc) is 3.09. The molecule has 0 aliphatic heterocycles. The molecular weight excluding hydrogens is 386 g/mol. The van der Waals surface area contributed by atoms with E-state index in [9.17, 15) is 4.55 Å². The van der Waals surface area contributed by atoms with Crippen molar-refractivity contribution in [3.8, 4) is 22.4 Å². The maximum atomic E-state index is 12.8. The van der Waals surface area contributed by atoms with Crippen molar-refractivity contribution in [2.45, 2.75) is 24.0 Å². The van der Waals surface area contributed by atoms with Crippen LogP contribution in [0.3, 0.4) is 0 Å². The minimum absolute atomic E-state index is 0.596. The molecule has 28 heavy (non-hydrogen) atoms. The third-order valence-corrected chi connectivity index (χ3v) is 7.59. The molecule has 0 bridgehead atoms. The highest BCUT2D eigenvalue weighted by Gasteiger charge is 2.24. The molecular formula is C22H21N3OS2. The number of aromatic nitrogens is 2. The zero-order valence-electron chi connectivity index (χ0n) is 15.6. The summed E-state index contributed by atoms with van der Waals surface area (Å²) in [6.45, 7) is 2.10. The molecule has 0 aliphatic carbocycles. The first kappa shape index (κ1) is 18.9. The number of rotatable bonds is 6. The summed E-state index contributed by atoms with van der Waals surface area (Å²) in [6.07, 6.45) is 5.48. The van der Waals surface area contributed by atoms with Crippen LogP contribution in [0.15, 0.2) is 65.1 Å². The molecule has 0 spiro atoms. The molecule has 2 N–H and O–H groups in total. The van der Waals surface area contributed by atoms with E-state index in [1.165, 1.54) is 11.3 Å². The van der Waals surface area contributed by atoms with Crippen LogP contribution in [-0.4, -0.2) is 20.3 Å². The zero-order valence-corrected chi connectivity index (χ0v) is 17.2.